The van der Waals surface area contributed by atoms with Gasteiger partial charge in [-0.25, -0.2) is 0 Å². The smallest absolute Gasteiger partial charge is 0.242 e. The average Bonchev–Trinajstić information content (AvgIpc) is 2.71. The van der Waals surface area contributed by atoms with Gasteiger partial charge in [-0.3, -0.25) is 9.59 Å². The van der Waals surface area contributed by atoms with E-state index in [4.69, 9.17) is 34.8 Å². The van der Waals surface area contributed by atoms with E-state index < -0.39 is 6.04 Å². The van der Waals surface area contributed by atoms with Crippen LogP contribution < -0.4 is 5.32 Å². The van der Waals surface area contributed by atoms with Crippen LogP contribution >= 0.6 is 34.8 Å². The SMILES string of the molecule is CCCCNC(=O)[C@H](CC)N(Cc1ccccc1Cl)C(=O)Cc1ccc(Cl)cc1Cl. The van der Waals surface area contributed by atoms with Crippen LogP contribution in [0.15, 0.2) is 42.5 Å². The van der Waals surface area contributed by atoms with Crippen molar-refractivity contribution >= 4 is 46.6 Å². The number of rotatable bonds is 10. The van der Waals surface area contributed by atoms with Gasteiger partial charge in [0, 0.05) is 28.2 Å². The van der Waals surface area contributed by atoms with Crippen LogP contribution in [0, 0.1) is 0 Å². The third-order valence-electron chi connectivity index (χ3n) is 4.87. The molecule has 30 heavy (non-hydrogen) atoms. The molecule has 1 N–H and O–H groups in total. The van der Waals surface area contributed by atoms with Crippen LogP contribution in [0.5, 0.6) is 0 Å². The van der Waals surface area contributed by atoms with Crippen LogP contribution in [0.2, 0.25) is 15.1 Å². The van der Waals surface area contributed by atoms with E-state index in [1.807, 2.05) is 25.1 Å². The fourth-order valence-corrected chi connectivity index (χ4v) is 3.84. The number of halogens is 3. The van der Waals surface area contributed by atoms with Gasteiger partial charge in [-0.05, 0) is 42.2 Å². The molecule has 0 saturated carbocycles. The molecule has 2 rings (SSSR count). The van der Waals surface area contributed by atoms with Gasteiger partial charge in [-0.1, -0.05) is 79.3 Å². The Labute approximate surface area is 193 Å². The molecule has 162 valence electrons. The Balaban J connectivity index is 2.29. The minimum atomic E-state index is -0.600. The summed E-state index contributed by atoms with van der Waals surface area (Å²) < 4.78 is 0. The molecule has 0 fully saturated rings. The van der Waals surface area contributed by atoms with Crippen molar-refractivity contribution in [1.29, 1.82) is 0 Å². The van der Waals surface area contributed by atoms with Crippen molar-refractivity contribution in [3.63, 3.8) is 0 Å². The maximum Gasteiger partial charge on any atom is 0.242 e. The Morgan fingerprint density at radius 3 is 2.37 bits per heavy atom. The fraction of sp³-hybridized carbons (Fsp3) is 0.391. The van der Waals surface area contributed by atoms with Crippen LogP contribution in [0.25, 0.3) is 0 Å². The molecule has 0 radical (unpaired) electrons. The zero-order valence-electron chi connectivity index (χ0n) is 17.3. The van der Waals surface area contributed by atoms with Crippen molar-refractivity contribution in [3.8, 4) is 0 Å². The third kappa shape index (κ3) is 6.90. The summed E-state index contributed by atoms with van der Waals surface area (Å²) in [4.78, 5) is 27.8. The molecule has 2 aromatic rings. The molecule has 4 nitrogen and oxygen atoms in total. The van der Waals surface area contributed by atoms with E-state index in [0.29, 0.717) is 33.6 Å². The highest BCUT2D eigenvalue weighted by molar-refractivity contribution is 6.35. The number of carbonyl (C=O) groups is 2. The second-order valence-corrected chi connectivity index (χ2v) is 8.35. The lowest BCUT2D eigenvalue weighted by Gasteiger charge is -2.31. The number of nitrogens with one attached hydrogen (secondary N) is 1. The molecule has 7 heteroatoms. The fourth-order valence-electron chi connectivity index (χ4n) is 3.17. The number of nitrogens with zero attached hydrogens (tertiary/aromatic N) is 1. The molecule has 0 aromatic heterocycles. The van der Waals surface area contributed by atoms with E-state index in [-0.39, 0.29) is 24.8 Å². The maximum atomic E-state index is 13.3. The van der Waals surface area contributed by atoms with E-state index in [0.717, 1.165) is 18.4 Å². The van der Waals surface area contributed by atoms with E-state index in [1.54, 1.807) is 29.2 Å². The zero-order chi connectivity index (χ0) is 22.1. The monoisotopic (exact) mass is 468 g/mol. The van der Waals surface area contributed by atoms with E-state index in [2.05, 4.69) is 12.2 Å². The predicted molar refractivity (Wildman–Crippen MR) is 124 cm³/mol. The molecule has 0 saturated heterocycles. The van der Waals surface area contributed by atoms with Crippen LogP contribution in [0.3, 0.4) is 0 Å². The molecule has 0 heterocycles. The second kappa shape index (κ2) is 12.2. The lowest BCUT2D eigenvalue weighted by Crippen LogP contribution is -2.49. The Morgan fingerprint density at radius 1 is 1.00 bits per heavy atom. The van der Waals surface area contributed by atoms with E-state index >= 15 is 0 Å². The van der Waals surface area contributed by atoms with Crippen LogP contribution in [-0.4, -0.2) is 29.3 Å². The predicted octanol–water partition coefficient (Wildman–Crippen LogP) is 5.91. The molecule has 2 amide bonds. The number of amides is 2. The summed E-state index contributed by atoms with van der Waals surface area (Å²) in [5.41, 5.74) is 1.45. The maximum absolute atomic E-state index is 13.3. The summed E-state index contributed by atoms with van der Waals surface area (Å²) in [7, 11) is 0. The molecule has 0 spiro atoms. The van der Waals surface area contributed by atoms with Crippen molar-refractivity contribution in [2.24, 2.45) is 0 Å². The Kier molecular flexibility index (Phi) is 9.96. The number of hydrogen-bond acceptors (Lipinski definition) is 2. The van der Waals surface area contributed by atoms with Crippen molar-refractivity contribution in [2.45, 2.75) is 52.1 Å². The Morgan fingerprint density at radius 2 is 1.73 bits per heavy atom. The first kappa shape index (κ1) is 24.5. The summed E-state index contributed by atoms with van der Waals surface area (Å²) in [6, 6.07) is 11.8. The first-order valence-electron chi connectivity index (χ1n) is 10.1. The van der Waals surface area contributed by atoms with Crippen molar-refractivity contribution < 1.29 is 9.59 Å². The van der Waals surface area contributed by atoms with Gasteiger partial charge in [0.2, 0.25) is 11.8 Å². The van der Waals surface area contributed by atoms with Crippen molar-refractivity contribution in [2.75, 3.05) is 6.54 Å². The van der Waals surface area contributed by atoms with Crippen LogP contribution in [0.1, 0.15) is 44.2 Å². The van der Waals surface area contributed by atoms with E-state index in [1.165, 1.54) is 0 Å². The van der Waals surface area contributed by atoms with Crippen LogP contribution in [-0.2, 0) is 22.6 Å². The molecular weight excluding hydrogens is 443 g/mol. The molecule has 0 aliphatic carbocycles. The van der Waals surface area contributed by atoms with Gasteiger partial charge in [0.15, 0.2) is 0 Å². The molecule has 0 unspecified atom stereocenters. The minimum absolute atomic E-state index is 0.0686. The van der Waals surface area contributed by atoms with Gasteiger partial charge in [-0.2, -0.15) is 0 Å². The molecule has 0 bridgehead atoms. The summed E-state index contributed by atoms with van der Waals surface area (Å²) in [5, 5.41) is 4.43. The van der Waals surface area contributed by atoms with Gasteiger partial charge in [0.05, 0.1) is 6.42 Å². The van der Waals surface area contributed by atoms with Gasteiger partial charge < -0.3 is 10.2 Å². The van der Waals surface area contributed by atoms with Crippen molar-refractivity contribution in [1.82, 2.24) is 10.2 Å². The number of benzene rings is 2. The number of carbonyl (C=O) groups excluding carboxylic acids is 2. The lowest BCUT2D eigenvalue weighted by atomic mass is 10.1. The number of hydrogen-bond donors (Lipinski definition) is 1. The van der Waals surface area contributed by atoms with Gasteiger partial charge >= 0.3 is 0 Å². The average molecular weight is 470 g/mol. The number of unbranched alkanes of at least 4 members (excludes halogenated alkanes) is 1. The largest absolute Gasteiger partial charge is 0.354 e. The van der Waals surface area contributed by atoms with Gasteiger partial charge in [-0.15, -0.1) is 0 Å². The lowest BCUT2D eigenvalue weighted by molar-refractivity contribution is -0.140. The summed E-state index contributed by atoms with van der Waals surface area (Å²) in [5.74, 6) is -0.356. The molecular formula is C23H27Cl3N2O2. The van der Waals surface area contributed by atoms with Crippen molar-refractivity contribution in [3.05, 3.63) is 68.7 Å². The quantitative estimate of drug-likeness (QED) is 0.440. The highest BCUT2D eigenvalue weighted by Crippen LogP contribution is 2.24. The molecule has 1 atom stereocenters. The van der Waals surface area contributed by atoms with Gasteiger partial charge in [0.1, 0.15) is 6.04 Å². The Hall–Kier alpha value is -1.75. The first-order valence-corrected chi connectivity index (χ1v) is 11.2. The summed E-state index contributed by atoms with van der Waals surface area (Å²) in [6.07, 6.45) is 2.43. The Bertz CT molecular complexity index is 873. The zero-order valence-corrected chi connectivity index (χ0v) is 19.5. The van der Waals surface area contributed by atoms with Gasteiger partial charge in [0.25, 0.3) is 0 Å². The minimum Gasteiger partial charge on any atom is -0.354 e. The molecule has 2 aromatic carbocycles. The van der Waals surface area contributed by atoms with Crippen LogP contribution in [0.4, 0.5) is 0 Å². The summed E-state index contributed by atoms with van der Waals surface area (Å²) >= 11 is 18.6. The standard InChI is InChI=1S/C23H27Cl3N2O2/c1-3-5-12-27-23(30)21(4-2)28(15-17-8-6-7-9-19(17)25)22(29)13-16-10-11-18(24)14-20(16)26/h6-11,14,21H,3-5,12-13,15H2,1-2H3,(H,27,30)/t21-/m0/s1. The molecule has 0 aliphatic heterocycles. The third-order valence-corrected chi connectivity index (χ3v) is 5.83. The topological polar surface area (TPSA) is 49.4 Å². The molecule has 0 aliphatic rings. The highest BCUT2D eigenvalue weighted by Gasteiger charge is 2.29. The first-order chi connectivity index (χ1) is 14.4. The second-order valence-electron chi connectivity index (χ2n) is 7.09. The normalized spacial score (nSPS) is 11.8. The highest BCUT2D eigenvalue weighted by atomic mass is 35.5. The summed E-state index contributed by atoms with van der Waals surface area (Å²) in [6.45, 7) is 4.78. The van der Waals surface area contributed by atoms with E-state index in [9.17, 15) is 9.59 Å².